The molecule has 0 saturated carbocycles. The molecule has 0 aliphatic heterocycles. The maximum absolute atomic E-state index is 13.4. The van der Waals surface area contributed by atoms with Crippen LogP contribution < -0.4 is 18.3 Å². The molecule has 0 aliphatic rings. The molecule has 0 fully saturated rings. The van der Waals surface area contributed by atoms with Crippen molar-refractivity contribution in [3.63, 3.8) is 0 Å². The standard InChI is InChI=1S/3C21H17N2O.C20H14FN2O/c1-13-5-8-19(23(4)12-13)17-11-21-18(9-14(17)2)16-7-6-15(22-3)10-20(16)24-21;1-13-10-18-16-9-8-15(22-3)11-20(16)24-21(18)12-17(13)19-7-5-6-14(2)23(19)4;1-13-11-17-15-8-9-18(22-3)14(2)21(15)24-20(17)12-16(13)19-7-5-6-10-23(19)4;1-12-8-17-15-6-5-14(22-2)9-19(15)24-20(17)10-16(12)18-7-4-13(21)11-23(18)3/h3*5-12H,1-2,4H3;4-11H,1,3H3/q4*+1/i1D3;;;. The first-order valence-corrected chi connectivity index (χ1v) is 31.0. The molecule has 8 aromatic carbocycles. The summed E-state index contributed by atoms with van der Waals surface area (Å²) in [6.45, 7) is 39.0. The number of aryl methyl sites for hydroxylation is 10. The third-order valence-electron chi connectivity index (χ3n) is 18.0. The number of furan rings is 4. The summed E-state index contributed by atoms with van der Waals surface area (Å²) in [6.07, 6.45) is 5.15. The summed E-state index contributed by atoms with van der Waals surface area (Å²) in [5.74, 6) is -0.268. The Hall–Kier alpha value is -12.6. The fourth-order valence-corrected chi connectivity index (χ4v) is 12.8. The van der Waals surface area contributed by atoms with E-state index in [2.05, 4.69) is 117 Å². The normalized spacial score (nSPS) is 11.7. The molecule has 0 bridgehead atoms. The number of aromatic nitrogens is 4. The van der Waals surface area contributed by atoms with Crippen molar-refractivity contribution in [3.8, 4) is 45.0 Å². The molecule has 0 N–H and O–H groups in total. The molecule has 0 aliphatic carbocycles. The van der Waals surface area contributed by atoms with Crippen LogP contribution in [-0.4, -0.2) is 0 Å². The molecule has 0 radical (unpaired) electrons. The maximum atomic E-state index is 13.4. The van der Waals surface area contributed by atoms with Gasteiger partial charge in [-0.3, -0.25) is 0 Å². The lowest BCUT2D eigenvalue weighted by atomic mass is 10.0. The highest BCUT2D eigenvalue weighted by Gasteiger charge is 2.23. The topological polar surface area (TPSA) is 85.5 Å². The van der Waals surface area contributed by atoms with Crippen LogP contribution in [0.4, 0.5) is 27.1 Å². The Morgan fingerprint density at radius 3 is 1.24 bits per heavy atom. The minimum Gasteiger partial charge on any atom is -0.457 e. The Morgan fingerprint density at radius 1 is 0.375 bits per heavy atom. The molecule has 0 amide bonds. The Bertz CT molecular complexity index is 6200. The molecule has 0 unspecified atom stereocenters. The van der Waals surface area contributed by atoms with Crippen LogP contribution in [0.5, 0.6) is 0 Å². The number of fused-ring (bicyclic) bond motifs is 12. The highest BCUT2D eigenvalue weighted by molar-refractivity contribution is 6.11. The van der Waals surface area contributed by atoms with Crippen molar-refractivity contribution in [2.45, 2.75) is 48.4 Å². The minimum atomic E-state index is -2.13. The number of pyridine rings is 4. The average Bonchev–Trinajstić information content (AvgIpc) is 1.67. The van der Waals surface area contributed by atoms with Crippen LogP contribution in [0.1, 0.15) is 43.2 Å². The van der Waals surface area contributed by atoms with Gasteiger partial charge in [0.25, 0.3) is 0 Å². The van der Waals surface area contributed by atoms with Crippen molar-refractivity contribution in [2.24, 2.45) is 28.2 Å². The van der Waals surface area contributed by atoms with E-state index in [-0.39, 0.29) is 5.82 Å². The van der Waals surface area contributed by atoms with Crippen LogP contribution in [0.3, 0.4) is 0 Å². The van der Waals surface area contributed by atoms with Gasteiger partial charge in [-0.2, -0.15) is 9.13 Å². The minimum absolute atomic E-state index is 0.268. The van der Waals surface area contributed by atoms with Gasteiger partial charge in [-0.25, -0.2) is 32.9 Å². The zero-order valence-electron chi connectivity index (χ0n) is 57.6. The van der Waals surface area contributed by atoms with Crippen LogP contribution in [0.2, 0.25) is 0 Å². The molecule has 8 aromatic heterocycles. The molecule has 16 aromatic rings. The summed E-state index contributed by atoms with van der Waals surface area (Å²) in [5.41, 5.74) is 24.0. The predicted octanol–water partition coefficient (Wildman–Crippen LogP) is 20.8. The molecule has 464 valence electrons. The van der Waals surface area contributed by atoms with Crippen LogP contribution in [0, 0.1) is 80.5 Å². The Kier molecular flexibility index (Phi) is 15.3. The van der Waals surface area contributed by atoms with Gasteiger partial charge >= 0.3 is 0 Å². The molecule has 13 heteroatoms. The Labute approximate surface area is 558 Å². The van der Waals surface area contributed by atoms with Crippen LogP contribution in [-0.2, 0) is 28.2 Å². The third-order valence-corrected chi connectivity index (χ3v) is 18.0. The molecule has 0 spiro atoms. The van der Waals surface area contributed by atoms with Gasteiger partial charge in [0.05, 0.1) is 48.5 Å². The average molecular weight is 1260 g/mol. The second kappa shape index (κ2) is 25.2. The van der Waals surface area contributed by atoms with Gasteiger partial charge in [0.1, 0.15) is 72.9 Å². The fraction of sp³-hybridized carbons (Fsp3) is 0.133. The van der Waals surface area contributed by atoms with Gasteiger partial charge in [0.15, 0.2) is 46.7 Å². The number of hydrogen-bond acceptors (Lipinski definition) is 4. The number of nitrogens with zero attached hydrogens (tertiary/aromatic N) is 8. The summed E-state index contributed by atoms with van der Waals surface area (Å²) < 4.78 is 68.1. The molecule has 0 saturated heterocycles. The van der Waals surface area contributed by atoms with E-state index in [0.29, 0.717) is 39.5 Å². The van der Waals surface area contributed by atoms with E-state index in [0.717, 1.165) is 138 Å². The lowest BCUT2D eigenvalue weighted by molar-refractivity contribution is -0.666. The Morgan fingerprint density at radius 2 is 0.792 bits per heavy atom. The van der Waals surface area contributed by atoms with Crippen molar-refractivity contribution < 1.29 is 44.4 Å². The van der Waals surface area contributed by atoms with E-state index in [1.54, 1.807) is 47.2 Å². The SMILES string of the molecule is [2H]C([2H])([2H])c1ccc(-c2cc3oc4cc([N+]#[C-])ccc4c3cc2C)[n+](C)c1.[C-]#[N+]c1ccc2c(c1)oc1cc(-c3ccc(F)c[n+]3C)c(C)cc12.[C-]#[N+]c1ccc2c(c1)oc1cc(-c3cccc(C)[n+]3C)c(C)cc12.[C-]#[N+]c1ccc2c(oc3cc(-c4cccc[n+]4C)c(C)cc32)c1C. The predicted molar refractivity (Wildman–Crippen MR) is 379 cm³/mol. The fourth-order valence-electron chi connectivity index (χ4n) is 12.8. The quantitative estimate of drug-likeness (QED) is 0.130. The number of halogens is 1. The summed E-state index contributed by atoms with van der Waals surface area (Å²) in [7, 11) is 7.79. The smallest absolute Gasteiger partial charge is 0.212 e. The molecule has 12 nitrogen and oxygen atoms in total. The molecule has 0 atom stereocenters. The highest BCUT2D eigenvalue weighted by atomic mass is 19.1. The molecule has 16 rings (SSSR count). The lowest BCUT2D eigenvalue weighted by Crippen LogP contribution is -2.34. The highest BCUT2D eigenvalue weighted by Crippen LogP contribution is 2.41. The van der Waals surface area contributed by atoms with Gasteiger partial charge in [0.2, 0.25) is 29.0 Å². The van der Waals surface area contributed by atoms with Gasteiger partial charge in [-0.05, 0) is 160 Å². The third kappa shape index (κ3) is 11.5. The van der Waals surface area contributed by atoms with E-state index >= 15 is 0 Å². The monoisotopic (exact) mass is 1260 g/mol. The van der Waals surface area contributed by atoms with Gasteiger partial charge in [0, 0.05) is 96.1 Å². The van der Waals surface area contributed by atoms with E-state index in [1.165, 1.54) is 29.1 Å². The van der Waals surface area contributed by atoms with Crippen molar-refractivity contribution >= 4 is 111 Å². The van der Waals surface area contributed by atoms with Crippen LogP contribution in [0.15, 0.2) is 212 Å². The maximum Gasteiger partial charge on any atom is 0.212 e. The zero-order valence-corrected chi connectivity index (χ0v) is 54.6. The number of rotatable bonds is 4. The summed E-state index contributed by atoms with van der Waals surface area (Å²) in [4.78, 5) is 14.0. The molecule has 96 heavy (non-hydrogen) atoms. The zero-order chi connectivity index (χ0) is 69.9. The summed E-state index contributed by atoms with van der Waals surface area (Å²) >= 11 is 0. The first-order chi connectivity index (χ1) is 47.5. The first kappa shape index (κ1) is 58.5. The summed E-state index contributed by atoms with van der Waals surface area (Å²) in [5, 5.41) is 8.33. The largest absolute Gasteiger partial charge is 0.457 e. The Balaban J connectivity index is 0.000000119. The first-order valence-electron chi connectivity index (χ1n) is 32.5. The second-order valence-electron chi connectivity index (χ2n) is 24.2. The van der Waals surface area contributed by atoms with E-state index in [1.807, 2.05) is 125 Å². The van der Waals surface area contributed by atoms with E-state index in [9.17, 15) is 4.39 Å². The second-order valence-corrected chi connectivity index (χ2v) is 24.2. The lowest BCUT2D eigenvalue weighted by Gasteiger charge is -2.06. The molecular weight excluding hydrogens is 1190 g/mol. The van der Waals surface area contributed by atoms with Crippen LogP contribution >= 0.6 is 0 Å². The van der Waals surface area contributed by atoms with E-state index < -0.39 is 6.85 Å². The number of benzene rings is 8. The molecule has 8 heterocycles. The van der Waals surface area contributed by atoms with Gasteiger partial charge < -0.3 is 17.7 Å². The van der Waals surface area contributed by atoms with Crippen molar-refractivity contribution in [1.82, 2.24) is 0 Å². The molecular formula is C83H65FN8O4+4. The van der Waals surface area contributed by atoms with Crippen LogP contribution in [0.25, 0.3) is 152 Å². The van der Waals surface area contributed by atoms with Crippen molar-refractivity contribution in [3.05, 3.63) is 285 Å². The van der Waals surface area contributed by atoms with Gasteiger partial charge in [-0.15, -0.1) is 0 Å². The summed E-state index contributed by atoms with van der Waals surface area (Å²) in [6, 6.07) is 56.3. The van der Waals surface area contributed by atoms with Crippen molar-refractivity contribution in [2.75, 3.05) is 0 Å². The van der Waals surface area contributed by atoms with Gasteiger partial charge in [-0.1, -0.05) is 48.5 Å². The van der Waals surface area contributed by atoms with Crippen molar-refractivity contribution in [1.29, 1.82) is 0 Å². The van der Waals surface area contributed by atoms with E-state index in [4.69, 9.17) is 48.1 Å². The number of hydrogen-bond donors (Lipinski definition) is 0.